The number of aryl methyl sites for hydroxylation is 1. The van der Waals surface area contributed by atoms with E-state index in [0.29, 0.717) is 5.92 Å². The topological polar surface area (TPSA) is 12.0 Å². The summed E-state index contributed by atoms with van der Waals surface area (Å²) >= 11 is 0. The fourth-order valence-electron chi connectivity index (χ4n) is 2.50. The Morgan fingerprint density at radius 3 is 2.00 bits per heavy atom. The van der Waals surface area contributed by atoms with E-state index < -0.39 is 0 Å². The summed E-state index contributed by atoms with van der Waals surface area (Å²) in [5.74, 6) is 0.136. The molecule has 0 amide bonds. The van der Waals surface area contributed by atoms with Crippen LogP contribution in [0.1, 0.15) is 36.0 Å². The van der Waals surface area contributed by atoms with E-state index in [9.17, 15) is 4.39 Å². The van der Waals surface area contributed by atoms with Gasteiger partial charge in [-0.15, -0.1) is 0 Å². The molecule has 20 heavy (non-hydrogen) atoms. The van der Waals surface area contributed by atoms with Crippen molar-refractivity contribution in [2.75, 3.05) is 13.6 Å². The molecule has 0 aromatic heterocycles. The first-order chi connectivity index (χ1) is 9.74. The predicted octanol–water partition coefficient (Wildman–Crippen LogP) is 4.13. The van der Waals surface area contributed by atoms with Crippen LogP contribution >= 0.6 is 0 Å². The molecule has 0 aliphatic heterocycles. The molecule has 1 N–H and O–H groups in total. The van der Waals surface area contributed by atoms with E-state index in [1.807, 2.05) is 19.2 Å². The van der Waals surface area contributed by atoms with E-state index in [2.05, 4.69) is 36.5 Å². The maximum absolute atomic E-state index is 13.1. The Labute approximate surface area is 120 Å². The lowest BCUT2D eigenvalue weighted by atomic mass is 9.88. The summed E-state index contributed by atoms with van der Waals surface area (Å²) < 4.78 is 13.1. The third-order valence-electron chi connectivity index (χ3n) is 3.75. The molecule has 2 rings (SSSR count). The first-order valence-corrected chi connectivity index (χ1v) is 7.23. The highest BCUT2D eigenvalue weighted by Gasteiger charge is 2.13. The maximum atomic E-state index is 13.1. The van der Waals surface area contributed by atoms with Crippen molar-refractivity contribution in [2.24, 2.45) is 0 Å². The van der Waals surface area contributed by atoms with E-state index in [1.54, 1.807) is 12.1 Å². The van der Waals surface area contributed by atoms with Gasteiger partial charge < -0.3 is 5.32 Å². The van der Waals surface area contributed by atoms with E-state index in [0.717, 1.165) is 19.4 Å². The number of benzene rings is 2. The zero-order chi connectivity index (χ0) is 14.4. The SMILES string of the molecule is CCc1ccc(C(CCNC)c2ccc(F)cc2)cc1. The molecular formula is C18H22FN. The van der Waals surface area contributed by atoms with E-state index >= 15 is 0 Å². The highest BCUT2D eigenvalue weighted by Crippen LogP contribution is 2.28. The van der Waals surface area contributed by atoms with Crippen molar-refractivity contribution in [2.45, 2.75) is 25.7 Å². The zero-order valence-electron chi connectivity index (χ0n) is 12.2. The fourth-order valence-corrected chi connectivity index (χ4v) is 2.50. The average molecular weight is 271 g/mol. The minimum absolute atomic E-state index is 0.178. The smallest absolute Gasteiger partial charge is 0.123 e. The molecular weight excluding hydrogens is 249 g/mol. The normalized spacial score (nSPS) is 12.3. The van der Waals surface area contributed by atoms with Crippen LogP contribution in [-0.2, 0) is 6.42 Å². The van der Waals surface area contributed by atoms with Gasteiger partial charge in [-0.2, -0.15) is 0 Å². The molecule has 0 radical (unpaired) electrons. The Kier molecular flexibility index (Phi) is 5.31. The van der Waals surface area contributed by atoms with Crippen LogP contribution in [0.15, 0.2) is 48.5 Å². The van der Waals surface area contributed by atoms with Crippen LogP contribution in [0.25, 0.3) is 0 Å². The lowest BCUT2D eigenvalue weighted by Gasteiger charge is -2.18. The molecule has 0 saturated carbocycles. The summed E-state index contributed by atoms with van der Waals surface area (Å²) in [4.78, 5) is 0. The van der Waals surface area contributed by atoms with Crippen LogP contribution in [0.4, 0.5) is 4.39 Å². The summed E-state index contributed by atoms with van der Waals surface area (Å²) in [5, 5.41) is 3.20. The third kappa shape index (κ3) is 3.67. The molecule has 2 heteroatoms. The van der Waals surface area contributed by atoms with Crippen LogP contribution in [0.3, 0.4) is 0 Å². The minimum atomic E-state index is -0.178. The minimum Gasteiger partial charge on any atom is -0.320 e. The van der Waals surface area contributed by atoms with Gasteiger partial charge >= 0.3 is 0 Å². The molecule has 0 aliphatic carbocycles. The van der Waals surface area contributed by atoms with E-state index in [4.69, 9.17) is 0 Å². The van der Waals surface area contributed by atoms with Gasteiger partial charge in [0, 0.05) is 5.92 Å². The van der Waals surface area contributed by atoms with Gasteiger partial charge in [0.15, 0.2) is 0 Å². The molecule has 0 heterocycles. The quantitative estimate of drug-likeness (QED) is 0.833. The molecule has 0 spiro atoms. The molecule has 106 valence electrons. The first kappa shape index (κ1) is 14.7. The second-order valence-corrected chi connectivity index (χ2v) is 5.09. The van der Waals surface area contributed by atoms with Gasteiger partial charge in [-0.05, 0) is 55.3 Å². The Bertz CT molecular complexity index is 516. The standard InChI is InChI=1S/C18H22FN/c1-3-14-4-6-15(7-5-14)18(12-13-20-2)16-8-10-17(19)11-9-16/h4-11,18,20H,3,12-13H2,1-2H3. The zero-order valence-corrected chi connectivity index (χ0v) is 12.2. The van der Waals surface area contributed by atoms with Gasteiger partial charge in [-0.3, -0.25) is 0 Å². The van der Waals surface area contributed by atoms with Gasteiger partial charge in [0.1, 0.15) is 5.82 Å². The summed E-state index contributed by atoms with van der Waals surface area (Å²) in [6.45, 7) is 3.10. The lowest BCUT2D eigenvalue weighted by Crippen LogP contribution is -2.13. The van der Waals surface area contributed by atoms with Crippen molar-refractivity contribution >= 4 is 0 Å². The van der Waals surface area contributed by atoms with Crippen molar-refractivity contribution in [3.63, 3.8) is 0 Å². The van der Waals surface area contributed by atoms with E-state index in [-0.39, 0.29) is 5.82 Å². The Hall–Kier alpha value is -1.67. The summed E-state index contributed by atoms with van der Waals surface area (Å²) in [6.07, 6.45) is 2.06. The molecule has 0 saturated heterocycles. The molecule has 2 aromatic rings. The van der Waals surface area contributed by atoms with Crippen LogP contribution in [0, 0.1) is 5.82 Å². The first-order valence-electron chi connectivity index (χ1n) is 7.23. The second kappa shape index (κ2) is 7.20. The number of nitrogens with one attached hydrogen (secondary N) is 1. The van der Waals surface area contributed by atoms with Gasteiger partial charge in [0.05, 0.1) is 0 Å². The van der Waals surface area contributed by atoms with Crippen molar-refractivity contribution < 1.29 is 4.39 Å². The number of hydrogen-bond donors (Lipinski definition) is 1. The average Bonchev–Trinajstić information content (AvgIpc) is 2.50. The monoisotopic (exact) mass is 271 g/mol. The largest absolute Gasteiger partial charge is 0.320 e. The third-order valence-corrected chi connectivity index (χ3v) is 3.75. The molecule has 0 aliphatic rings. The van der Waals surface area contributed by atoms with Crippen LogP contribution in [-0.4, -0.2) is 13.6 Å². The van der Waals surface area contributed by atoms with Crippen molar-refractivity contribution in [1.82, 2.24) is 5.32 Å². The van der Waals surface area contributed by atoms with Crippen LogP contribution in [0.5, 0.6) is 0 Å². The van der Waals surface area contributed by atoms with Gasteiger partial charge in [-0.25, -0.2) is 4.39 Å². The van der Waals surface area contributed by atoms with Crippen molar-refractivity contribution in [1.29, 1.82) is 0 Å². The Morgan fingerprint density at radius 1 is 0.950 bits per heavy atom. The molecule has 2 aromatic carbocycles. The van der Waals surface area contributed by atoms with Gasteiger partial charge in [0.2, 0.25) is 0 Å². The highest BCUT2D eigenvalue weighted by atomic mass is 19.1. The number of hydrogen-bond acceptors (Lipinski definition) is 1. The summed E-state index contributed by atoms with van der Waals surface area (Å²) in [6, 6.07) is 15.6. The highest BCUT2D eigenvalue weighted by molar-refractivity contribution is 5.34. The molecule has 1 atom stereocenters. The maximum Gasteiger partial charge on any atom is 0.123 e. The Balaban J connectivity index is 2.27. The lowest BCUT2D eigenvalue weighted by molar-refractivity contribution is 0.622. The summed E-state index contributed by atoms with van der Waals surface area (Å²) in [5.41, 5.74) is 3.81. The van der Waals surface area contributed by atoms with Crippen LogP contribution in [0.2, 0.25) is 0 Å². The number of rotatable bonds is 6. The summed E-state index contributed by atoms with van der Waals surface area (Å²) in [7, 11) is 1.96. The number of halogens is 1. The second-order valence-electron chi connectivity index (χ2n) is 5.09. The van der Waals surface area contributed by atoms with E-state index in [1.165, 1.54) is 16.7 Å². The fraction of sp³-hybridized carbons (Fsp3) is 0.333. The van der Waals surface area contributed by atoms with Crippen molar-refractivity contribution in [3.8, 4) is 0 Å². The van der Waals surface area contributed by atoms with Gasteiger partial charge in [-0.1, -0.05) is 43.3 Å². The van der Waals surface area contributed by atoms with Crippen molar-refractivity contribution in [3.05, 3.63) is 71.0 Å². The molecule has 1 unspecified atom stereocenters. The molecule has 1 nitrogen and oxygen atoms in total. The predicted molar refractivity (Wildman–Crippen MR) is 82.6 cm³/mol. The Morgan fingerprint density at radius 2 is 1.50 bits per heavy atom. The van der Waals surface area contributed by atoms with Gasteiger partial charge in [0.25, 0.3) is 0 Å². The van der Waals surface area contributed by atoms with Crippen LogP contribution < -0.4 is 5.32 Å². The molecule has 0 fully saturated rings. The molecule has 0 bridgehead atoms.